The van der Waals surface area contributed by atoms with E-state index in [0.717, 1.165) is 22.0 Å². The van der Waals surface area contributed by atoms with Gasteiger partial charge in [-0.3, -0.25) is 9.59 Å². The Balaban J connectivity index is 1.94. The zero-order valence-electron chi connectivity index (χ0n) is 16.8. The number of methoxy groups -OCH3 is 2. The summed E-state index contributed by atoms with van der Waals surface area (Å²) in [5.74, 6) is -0.398. The van der Waals surface area contributed by atoms with Gasteiger partial charge < -0.3 is 24.9 Å². The Bertz CT molecular complexity index is 1070. The van der Waals surface area contributed by atoms with E-state index in [-0.39, 0.29) is 12.3 Å². The van der Waals surface area contributed by atoms with Crippen molar-refractivity contribution in [1.82, 2.24) is 10.3 Å². The number of carbonyl (C=O) groups is 2. The molecule has 152 valence electrons. The van der Waals surface area contributed by atoms with Crippen LogP contribution < -0.4 is 14.8 Å². The third kappa shape index (κ3) is 4.34. The van der Waals surface area contributed by atoms with Crippen LogP contribution in [0.1, 0.15) is 39.6 Å². The molecule has 3 rings (SSSR count). The number of fused-ring (bicyclic) bond motifs is 1. The van der Waals surface area contributed by atoms with Gasteiger partial charge in [0.05, 0.1) is 26.7 Å². The van der Waals surface area contributed by atoms with E-state index in [1.807, 2.05) is 26.0 Å². The van der Waals surface area contributed by atoms with Crippen molar-refractivity contribution in [3.63, 3.8) is 0 Å². The first-order valence-corrected chi connectivity index (χ1v) is 9.17. The van der Waals surface area contributed by atoms with Gasteiger partial charge in [0.1, 0.15) is 17.2 Å². The van der Waals surface area contributed by atoms with Gasteiger partial charge in [0.25, 0.3) is 5.91 Å². The number of aliphatic carboxylic acids is 1. The Morgan fingerprint density at radius 1 is 1.10 bits per heavy atom. The van der Waals surface area contributed by atoms with Gasteiger partial charge in [-0.05, 0) is 49.2 Å². The number of aryl methyl sites for hydroxylation is 2. The summed E-state index contributed by atoms with van der Waals surface area (Å²) >= 11 is 0. The first-order valence-electron chi connectivity index (χ1n) is 9.17. The summed E-state index contributed by atoms with van der Waals surface area (Å²) in [6.45, 7) is 3.98. The molecule has 0 bridgehead atoms. The lowest BCUT2D eigenvalue weighted by Crippen LogP contribution is -2.30. The van der Waals surface area contributed by atoms with Gasteiger partial charge in [0.15, 0.2) is 0 Å². The third-order valence-corrected chi connectivity index (χ3v) is 4.83. The molecule has 0 aliphatic heterocycles. The fraction of sp³-hybridized carbons (Fsp3) is 0.273. The number of carboxylic acid groups (broad SMARTS) is 1. The van der Waals surface area contributed by atoms with E-state index in [1.54, 1.807) is 24.3 Å². The van der Waals surface area contributed by atoms with Crippen molar-refractivity contribution in [2.75, 3.05) is 14.2 Å². The van der Waals surface area contributed by atoms with Gasteiger partial charge >= 0.3 is 5.97 Å². The number of hydrogen-bond acceptors (Lipinski definition) is 4. The van der Waals surface area contributed by atoms with Crippen molar-refractivity contribution in [3.05, 3.63) is 58.8 Å². The summed E-state index contributed by atoms with van der Waals surface area (Å²) in [5.41, 5.74) is 3.96. The molecule has 1 atom stereocenters. The van der Waals surface area contributed by atoms with Crippen molar-refractivity contribution < 1.29 is 24.2 Å². The van der Waals surface area contributed by atoms with Crippen LogP contribution in [-0.2, 0) is 4.79 Å². The average Bonchev–Trinajstić information content (AvgIpc) is 3.11. The molecular formula is C22H24N2O5. The summed E-state index contributed by atoms with van der Waals surface area (Å²) < 4.78 is 10.6. The molecule has 3 aromatic rings. The van der Waals surface area contributed by atoms with Crippen molar-refractivity contribution in [2.24, 2.45) is 0 Å². The number of amides is 1. The van der Waals surface area contributed by atoms with E-state index in [4.69, 9.17) is 9.47 Å². The lowest BCUT2D eigenvalue weighted by molar-refractivity contribution is -0.137. The van der Waals surface area contributed by atoms with Crippen molar-refractivity contribution in [3.8, 4) is 11.5 Å². The predicted molar refractivity (Wildman–Crippen MR) is 110 cm³/mol. The third-order valence-electron chi connectivity index (χ3n) is 4.83. The molecule has 0 saturated heterocycles. The van der Waals surface area contributed by atoms with E-state index in [9.17, 15) is 14.7 Å². The standard InChI is InChI=1S/C22H24N2O5/c1-12-7-13(2)16-10-19(23-17(16)8-12)22(27)24-18(11-21(25)26)15-6-5-14(28-3)9-20(15)29-4/h5-10,18,23H,11H2,1-4H3,(H,24,27)(H,25,26). The van der Waals surface area contributed by atoms with Crippen LogP contribution in [-0.4, -0.2) is 36.2 Å². The maximum Gasteiger partial charge on any atom is 0.305 e. The highest BCUT2D eigenvalue weighted by atomic mass is 16.5. The second-order valence-corrected chi connectivity index (χ2v) is 6.96. The minimum Gasteiger partial charge on any atom is -0.497 e. The first-order chi connectivity index (χ1) is 13.8. The number of hydrogen-bond donors (Lipinski definition) is 3. The number of H-pyrrole nitrogens is 1. The molecule has 29 heavy (non-hydrogen) atoms. The van der Waals surface area contributed by atoms with Crippen LogP contribution in [0.3, 0.4) is 0 Å². The minimum absolute atomic E-state index is 0.285. The Morgan fingerprint density at radius 2 is 1.86 bits per heavy atom. The number of carbonyl (C=O) groups excluding carboxylic acids is 1. The predicted octanol–water partition coefficient (Wildman–Crippen LogP) is 3.75. The highest BCUT2D eigenvalue weighted by molar-refractivity contribution is 5.99. The molecule has 1 heterocycles. The monoisotopic (exact) mass is 396 g/mol. The number of carboxylic acids is 1. The number of nitrogens with one attached hydrogen (secondary N) is 2. The van der Waals surface area contributed by atoms with Crippen molar-refractivity contribution in [1.29, 1.82) is 0 Å². The summed E-state index contributed by atoms with van der Waals surface area (Å²) in [5, 5.41) is 13.1. The average molecular weight is 396 g/mol. The lowest BCUT2D eigenvalue weighted by atomic mass is 10.0. The van der Waals surface area contributed by atoms with E-state index in [2.05, 4.69) is 10.3 Å². The molecule has 1 unspecified atom stereocenters. The molecule has 1 amide bonds. The molecule has 0 aliphatic rings. The van der Waals surface area contributed by atoms with Crippen molar-refractivity contribution in [2.45, 2.75) is 26.3 Å². The second kappa shape index (κ2) is 8.26. The molecule has 0 fully saturated rings. The number of aromatic nitrogens is 1. The highest BCUT2D eigenvalue weighted by Crippen LogP contribution is 2.31. The number of rotatable bonds is 7. The van der Waals surface area contributed by atoms with E-state index in [1.165, 1.54) is 14.2 Å². The normalized spacial score (nSPS) is 11.9. The smallest absolute Gasteiger partial charge is 0.305 e. The number of ether oxygens (including phenoxy) is 2. The largest absolute Gasteiger partial charge is 0.497 e. The molecule has 0 saturated carbocycles. The maximum atomic E-state index is 12.9. The van der Waals surface area contributed by atoms with Gasteiger partial charge in [-0.2, -0.15) is 0 Å². The molecular weight excluding hydrogens is 372 g/mol. The van der Waals surface area contributed by atoms with Gasteiger partial charge in [-0.1, -0.05) is 6.07 Å². The van der Waals surface area contributed by atoms with Crippen LogP contribution in [0.25, 0.3) is 10.9 Å². The second-order valence-electron chi connectivity index (χ2n) is 6.96. The molecule has 3 N–H and O–H groups in total. The Labute approximate surface area is 168 Å². The van der Waals surface area contributed by atoms with Crippen LogP contribution in [0.5, 0.6) is 11.5 Å². The lowest BCUT2D eigenvalue weighted by Gasteiger charge is -2.20. The van der Waals surface area contributed by atoms with E-state index >= 15 is 0 Å². The fourth-order valence-electron chi connectivity index (χ4n) is 3.48. The summed E-state index contributed by atoms with van der Waals surface area (Å²) in [4.78, 5) is 27.4. The van der Waals surface area contributed by atoms with E-state index < -0.39 is 12.0 Å². The Morgan fingerprint density at radius 3 is 2.52 bits per heavy atom. The van der Waals surface area contributed by atoms with Crippen LogP contribution in [0.15, 0.2) is 36.4 Å². The quantitative estimate of drug-likeness (QED) is 0.565. The molecule has 0 radical (unpaired) electrons. The Hall–Kier alpha value is -3.48. The van der Waals surface area contributed by atoms with Crippen LogP contribution in [0.2, 0.25) is 0 Å². The van der Waals surface area contributed by atoms with Crippen molar-refractivity contribution >= 4 is 22.8 Å². The van der Waals surface area contributed by atoms with Gasteiger partial charge in [-0.25, -0.2) is 0 Å². The fourth-order valence-corrected chi connectivity index (χ4v) is 3.48. The molecule has 2 aromatic carbocycles. The maximum absolute atomic E-state index is 12.9. The van der Waals surface area contributed by atoms with Crippen LogP contribution in [0, 0.1) is 13.8 Å². The summed E-state index contributed by atoms with van der Waals surface area (Å²) in [7, 11) is 3.02. The van der Waals surface area contributed by atoms with Crippen LogP contribution in [0.4, 0.5) is 0 Å². The van der Waals surface area contributed by atoms with Crippen LogP contribution >= 0.6 is 0 Å². The van der Waals surface area contributed by atoms with Gasteiger partial charge in [0.2, 0.25) is 0 Å². The Kier molecular flexibility index (Phi) is 5.77. The highest BCUT2D eigenvalue weighted by Gasteiger charge is 2.23. The first kappa shape index (κ1) is 20.3. The summed E-state index contributed by atoms with van der Waals surface area (Å²) in [6.07, 6.45) is -0.285. The molecule has 7 heteroatoms. The minimum atomic E-state index is -1.03. The molecule has 1 aromatic heterocycles. The zero-order valence-corrected chi connectivity index (χ0v) is 16.8. The molecule has 0 spiro atoms. The van der Waals surface area contributed by atoms with E-state index in [0.29, 0.717) is 22.8 Å². The topological polar surface area (TPSA) is 101 Å². The molecule has 7 nitrogen and oxygen atoms in total. The van der Waals surface area contributed by atoms with Gasteiger partial charge in [-0.15, -0.1) is 0 Å². The SMILES string of the molecule is COc1ccc(C(CC(=O)O)NC(=O)c2cc3c(C)cc(C)cc3[nH]2)c(OC)c1. The number of benzene rings is 2. The molecule has 0 aliphatic carbocycles. The zero-order chi connectivity index (χ0) is 21.1. The number of aromatic amines is 1. The van der Waals surface area contributed by atoms with Gasteiger partial charge in [0, 0.05) is 22.5 Å². The summed E-state index contributed by atoms with van der Waals surface area (Å²) in [6, 6.07) is 10.1.